The van der Waals surface area contributed by atoms with Crippen LogP contribution in [0.3, 0.4) is 0 Å². The summed E-state index contributed by atoms with van der Waals surface area (Å²) in [7, 11) is 0. The maximum atomic E-state index is 5.80. The van der Waals surface area contributed by atoms with Gasteiger partial charge in [0.05, 0.1) is 10.8 Å². The van der Waals surface area contributed by atoms with Crippen LogP contribution in [-0.4, -0.2) is 23.0 Å². The van der Waals surface area contributed by atoms with E-state index in [1.54, 1.807) is 0 Å². The van der Waals surface area contributed by atoms with E-state index in [9.17, 15) is 0 Å². The van der Waals surface area contributed by atoms with Gasteiger partial charge in [0.25, 0.3) is 0 Å². The maximum Gasteiger partial charge on any atom is 0.106 e. The lowest BCUT2D eigenvalue weighted by Crippen LogP contribution is -2.18. The quantitative estimate of drug-likeness (QED) is 0.301. The average molecular weight is 165 g/mol. The number of hydrogen-bond donors (Lipinski definition) is 0. The molecule has 0 saturated carbocycles. The molecule has 4 atom stereocenters. The Morgan fingerprint density at radius 1 is 1.00 bits per heavy atom. The molecule has 0 N–H and O–H groups in total. The smallest absolute Gasteiger partial charge is 0.106 e. The summed E-state index contributed by atoms with van der Waals surface area (Å²) in [4.78, 5) is 0. The lowest BCUT2D eigenvalue weighted by molar-refractivity contribution is 0.378. The topological polar surface area (TPSA) is 12.5 Å². The first-order chi connectivity index (χ1) is 4.29. The summed E-state index contributed by atoms with van der Waals surface area (Å²) in [5.41, 5.74) is 0. The Balaban J connectivity index is 2.15. The molecule has 1 aliphatic heterocycles. The summed E-state index contributed by atoms with van der Waals surface area (Å²) < 4.78 is 5.18. The van der Waals surface area contributed by atoms with Crippen molar-refractivity contribution in [3.8, 4) is 0 Å². The van der Waals surface area contributed by atoms with Gasteiger partial charge in [0, 0.05) is 0 Å². The van der Waals surface area contributed by atoms with Gasteiger partial charge in [-0.2, -0.15) is 0 Å². The van der Waals surface area contributed by atoms with E-state index < -0.39 is 0 Å². The van der Waals surface area contributed by atoms with Crippen LogP contribution in [0, 0.1) is 0 Å². The Bertz CT molecular complexity index is 141. The second kappa shape index (κ2) is 1.88. The van der Waals surface area contributed by atoms with Gasteiger partial charge >= 0.3 is 0 Å². The maximum absolute atomic E-state index is 5.80. The van der Waals surface area contributed by atoms with Gasteiger partial charge in [-0.15, -0.1) is 23.2 Å². The number of hydrogen-bond acceptors (Lipinski definition) is 1. The van der Waals surface area contributed by atoms with Crippen LogP contribution >= 0.6 is 23.2 Å². The molecule has 1 aliphatic carbocycles. The van der Waals surface area contributed by atoms with Gasteiger partial charge in [0.15, 0.2) is 0 Å². The predicted octanol–water partition coefficient (Wildman–Crippen LogP) is 1.54. The second-order valence-corrected chi connectivity index (χ2v) is 3.35. The number of rotatable bonds is 0. The summed E-state index contributed by atoms with van der Waals surface area (Å²) in [5.74, 6) is 0. The fraction of sp³-hybridized carbons (Fsp3) is 0.667. The lowest BCUT2D eigenvalue weighted by Gasteiger charge is -2.06. The Kier molecular flexibility index (Phi) is 1.26. The van der Waals surface area contributed by atoms with Crippen molar-refractivity contribution in [1.29, 1.82) is 0 Å². The molecule has 0 aromatic rings. The molecule has 50 valence electrons. The summed E-state index contributed by atoms with van der Waals surface area (Å²) >= 11 is 11.6. The molecular weight excluding hydrogens is 159 g/mol. The van der Waals surface area contributed by atoms with Crippen molar-refractivity contribution in [2.75, 3.05) is 0 Å². The first-order valence-corrected chi connectivity index (χ1v) is 3.78. The van der Waals surface area contributed by atoms with Crippen molar-refractivity contribution in [2.45, 2.75) is 23.0 Å². The van der Waals surface area contributed by atoms with E-state index in [4.69, 9.17) is 27.9 Å². The molecular formula is C6H6Cl2O. The summed E-state index contributed by atoms with van der Waals surface area (Å²) in [5, 5.41) is 0.0926. The van der Waals surface area contributed by atoms with Gasteiger partial charge in [-0.1, -0.05) is 12.2 Å². The van der Waals surface area contributed by atoms with Crippen LogP contribution in [-0.2, 0) is 4.74 Å². The molecule has 3 heteroatoms. The summed E-state index contributed by atoms with van der Waals surface area (Å²) in [6, 6.07) is 0. The lowest BCUT2D eigenvalue weighted by atomic mass is 10.1. The SMILES string of the molecule is Cl[C@@H]1C=C[C@H](Cl)[C@@H]2O[C@H]21. The zero-order valence-corrected chi connectivity index (χ0v) is 6.14. The third kappa shape index (κ3) is 0.878. The van der Waals surface area contributed by atoms with E-state index in [0.29, 0.717) is 0 Å². The molecule has 2 aliphatic rings. The fourth-order valence-corrected chi connectivity index (χ4v) is 1.65. The highest BCUT2D eigenvalue weighted by molar-refractivity contribution is 6.25. The molecule has 0 amide bonds. The third-order valence-corrected chi connectivity index (χ3v) is 2.46. The molecule has 0 radical (unpaired) electrons. The van der Waals surface area contributed by atoms with Crippen LogP contribution in [0.25, 0.3) is 0 Å². The van der Waals surface area contributed by atoms with Crippen molar-refractivity contribution in [2.24, 2.45) is 0 Å². The highest BCUT2D eigenvalue weighted by Crippen LogP contribution is 2.38. The Labute approximate surface area is 63.6 Å². The number of halogens is 2. The van der Waals surface area contributed by atoms with Crippen molar-refractivity contribution >= 4 is 23.2 Å². The molecule has 0 spiro atoms. The average Bonchev–Trinajstić information content (AvgIpc) is 2.57. The van der Waals surface area contributed by atoms with Crippen molar-refractivity contribution in [1.82, 2.24) is 0 Å². The van der Waals surface area contributed by atoms with E-state index in [2.05, 4.69) is 0 Å². The highest BCUT2D eigenvalue weighted by atomic mass is 35.5. The summed E-state index contributed by atoms with van der Waals surface area (Å²) in [6.07, 6.45) is 4.18. The molecule has 2 rings (SSSR count). The van der Waals surface area contributed by atoms with Gasteiger partial charge in [-0.25, -0.2) is 0 Å². The molecule has 0 aromatic heterocycles. The minimum Gasteiger partial charge on any atom is -0.366 e. The molecule has 1 nitrogen and oxygen atoms in total. The van der Waals surface area contributed by atoms with Gasteiger partial charge in [-0.05, 0) is 0 Å². The van der Waals surface area contributed by atoms with Crippen molar-refractivity contribution < 1.29 is 4.74 Å². The summed E-state index contributed by atoms with van der Waals surface area (Å²) in [6.45, 7) is 0. The Morgan fingerprint density at radius 3 is 1.89 bits per heavy atom. The number of ether oxygens (including phenoxy) is 1. The van der Waals surface area contributed by atoms with E-state index >= 15 is 0 Å². The Hall–Kier alpha value is 0.280. The molecule has 1 saturated heterocycles. The molecule has 0 aromatic carbocycles. The molecule has 0 bridgehead atoms. The third-order valence-electron chi connectivity index (χ3n) is 1.67. The Morgan fingerprint density at radius 2 is 1.44 bits per heavy atom. The van der Waals surface area contributed by atoms with Crippen LogP contribution in [0.15, 0.2) is 12.2 Å². The monoisotopic (exact) mass is 164 g/mol. The van der Waals surface area contributed by atoms with Gasteiger partial charge in [-0.3, -0.25) is 0 Å². The van der Waals surface area contributed by atoms with Gasteiger partial charge < -0.3 is 4.74 Å². The van der Waals surface area contributed by atoms with Crippen LogP contribution in [0.5, 0.6) is 0 Å². The highest BCUT2D eigenvalue weighted by Gasteiger charge is 2.49. The van der Waals surface area contributed by atoms with Gasteiger partial charge in [0.1, 0.15) is 12.2 Å². The van der Waals surface area contributed by atoms with Crippen molar-refractivity contribution in [3.05, 3.63) is 12.2 Å². The number of epoxide rings is 1. The number of alkyl halides is 2. The zero-order chi connectivity index (χ0) is 6.43. The molecule has 0 unspecified atom stereocenters. The van der Waals surface area contributed by atoms with E-state index in [-0.39, 0.29) is 23.0 Å². The van der Waals surface area contributed by atoms with E-state index in [0.717, 1.165) is 0 Å². The standard InChI is InChI=1S/C6H6Cl2O/c7-3-1-2-4(8)6-5(3)9-6/h1-6H/t3-,4+,5-,6-/m0/s1. The first kappa shape index (κ1) is 6.02. The normalized spacial score (nSPS) is 54.9. The first-order valence-electron chi connectivity index (χ1n) is 2.91. The number of fused-ring (bicyclic) bond motifs is 1. The largest absolute Gasteiger partial charge is 0.366 e. The van der Waals surface area contributed by atoms with E-state index in [1.165, 1.54) is 0 Å². The molecule has 9 heavy (non-hydrogen) atoms. The minimum absolute atomic E-state index is 0.0463. The van der Waals surface area contributed by atoms with E-state index in [1.807, 2.05) is 12.2 Å². The van der Waals surface area contributed by atoms with Crippen LogP contribution < -0.4 is 0 Å². The second-order valence-electron chi connectivity index (χ2n) is 2.34. The fourth-order valence-electron chi connectivity index (χ4n) is 1.08. The van der Waals surface area contributed by atoms with Crippen LogP contribution in [0.4, 0.5) is 0 Å². The van der Waals surface area contributed by atoms with Crippen molar-refractivity contribution in [3.63, 3.8) is 0 Å². The minimum atomic E-state index is 0.0463. The predicted molar refractivity (Wildman–Crippen MR) is 37.1 cm³/mol. The zero-order valence-electron chi connectivity index (χ0n) is 4.63. The molecule has 1 fully saturated rings. The molecule has 1 heterocycles. The van der Waals surface area contributed by atoms with Crippen LogP contribution in [0.1, 0.15) is 0 Å². The van der Waals surface area contributed by atoms with Crippen LogP contribution in [0.2, 0.25) is 0 Å². The van der Waals surface area contributed by atoms with Gasteiger partial charge in [0.2, 0.25) is 0 Å².